The summed E-state index contributed by atoms with van der Waals surface area (Å²) in [6, 6.07) is 0. The summed E-state index contributed by atoms with van der Waals surface area (Å²) in [6.07, 6.45) is 9.42. The molecule has 2 nitrogen and oxygen atoms in total. The molecule has 0 saturated heterocycles. The highest BCUT2D eigenvalue weighted by atomic mass is 16.6. The van der Waals surface area contributed by atoms with Crippen molar-refractivity contribution in [2.24, 2.45) is 16.5 Å². The van der Waals surface area contributed by atoms with E-state index in [0.29, 0.717) is 12.5 Å². The Hall–Kier alpha value is -0.790. The Labute approximate surface area is 106 Å². The summed E-state index contributed by atoms with van der Waals surface area (Å²) in [5.74, 6) is 0.646. The van der Waals surface area contributed by atoms with Crippen LogP contribution < -0.4 is 0 Å². The predicted octanol–water partition coefficient (Wildman–Crippen LogP) is 4.56. The first-order valence-corrected chi connectivity index (χ1v) is 6.82. The fraction of sp³-hybridized carbons (Fsp3) is 0.800. The lowest BCUT2D eigenvalue weighted by Crippen LogP contribution is -2.23. The second-order valence-electron chi connectivity index (χ2n) is 6.24. The van der Waals surface area contributed by atoms with E-state index >= 15 is 0 Å². The third-order valence-electron chi connectivity index (χ3n) is 3.16. The molecule has 1 saturated carbocycles. The van der Waals surface area contributed by atoms with E-state index in [2.05, 4.69) is 32.5 Å². The summed E-state index contributed by atoms with van der Waals surface area (Å²) < 4.78 is 0. The van der Waals surface area contributed by atoms with Crippen LogP contribution in [0.2, 0.25) is 0 Å². The lowest BCUT2D eigenvalue weighted by molar-refractivity contribution is 0.169. The fourth-order valence-corrected chi connectivity index (χ4v) is 2.40. The first kappa shape index (κ1) is 14.3. The zero-order valence-electron chi connectivity index (χ0n) is 11.7. The first-order valence-electron chi connectivity index (χ1n) is 6.82. The Morgan fingerprint density at radius 2 is 1.94 bits per heavy atom. The van der Waals surface area contributed by atoms with E-state index in [1.54, 1.807) is 6.08 Å². The zero-order chi connectivity index (χ0) is 12.7. The molecule has 1 aliphatic rings. The van der Waals surface area contributed by atoms with Gasteiger partial charge in [-0.15, -0.1) is 0 Å². The quantitative estimate of drug-likeness (QED) is 0.297. The minimum atomic E-state index is 0.286. The van der Waals surface area contributed by atoms with Crippen molar-refractivity contribution in [1.29, 1.82) is 0 Å². The maximum Gasteiger partial charge on any atom is 0.135 e. The molecular formula is C15H27NO. The Bertz CT molecular complexity index is 257. The molecule has 0 atom stereocenters. The topological polar surface area (TPSA) is 21.6 Å². The molecular weight excluding hydrogens is 210 g/mol. The minimum Gasteiger partial charge on any atom is -0.392 e. The lowest BCUT2D eigenvalue weighted by Gasteiger charge is -2.27. The number of hydrogen-bond acceptors (Lipinski definition) is 2. The van der Waals surface area contributed by atoms with Crippen molar-refractivity contribution >= 4 is 5.71 Å². The monoisotopic (exact) mass is 237 g/mol. The smallest absolute Gasteiger partial charge is 0.135 e. The van der Waals surface area contributed by atoms with Crippen molar-refractivity contribution < 1.29 is 4.84 Å². The van der Waals surface area contributed by atoms with Gasteiger partial charge in [0.1, 0.15) is 6.61 Å². The van der Waals surface area contributed by atoms with Crippen LogP contribution in [0, 0.1) is 11.3 Å². The second kappa shape index (κ2) is 6.83. The van der Waals surface area contributed by atoms with Gasteiger partial charge in [-0.1, -0.05) is 57.8 Å². The Kier molecular flexibility index (Phi) is 5.73. The number of hydrogen-bond donors (Lipinski definition) is 0. The maximum atomic E-state index is 5.31. The van der Waals surface area contributed by atoms with Crippen molar-refractivity contribution in [3.63, 3.8) is 0 Å². The van der Waals surface area contributed by atoms with E-state index in [-0.39, 0.29) is 5.41 Å². The summed E-state index contributed by atoms with van der Waals surface area (Å²) >= 11 is 0. The molecule has 0 aromatic carbocycles. The summed E-state index contributed by atoms with van der Waals surface area (Å²) in [5.41, 5.74) is 1.55. The van der Waals surface area contributed by atoms with Crippen LogP contribution in [0.25, 0.3) is 0 Å². The molecule has 17 heavy (non-hydrogen) atoms. The second-order valence-corrected chi connectivity index (χ2v) is 6.24. The standard InChI is InChI=1S/C15H27NO/c1-5-11-17-16-14(12-15(2,3)4)13-9-7-6-8-10-13/h5,13H,1,6-12H2,2-4H3/b16-14-. The summed E-state index contributed by atoms with van der Waals surface area (Å²) in [5, 5.41) is 4.37. The molecule has 1 aliphatic carbocycles. The van der Waals surface area contributed by atoms with Crippen molar-refractivity contribution in [3.8, 4) is 0 Å². The number of nitrogens with zero attached hydrogens (tertiary/aromatic N) is 1. The lowest BCUT2D eigenvalue weighted by atomic mass is 9.79. The fourth-order valence-electron chi connectivity index (χ4n) is 2.40. The van der Waals surface area contributed by atoms with E-state index in [1.165, 1.54) is 37.8 Å². The highest BCUT2D eigenvalue weighted by molar-refractivity contribution is 5.86. The van der Waals surface area contributed by atoms with Crippen molar-refractivity contribution in [1.82, 2.24) is 0 Å². The average molecular weight is 237 g/mol. The van der Waals surface area contributed by atoms with Crippen LogP contribution in [0.5, 0.6) is 0 Å². The molecule has 0 aromatic rings. The normalized spacial score (nSPS) is 19.1. The van der Waals surface area contributed by atoms with E-state index in [0.717, 1.165) is 6.42 Å². The van der Waals surface area contributed by atoms with Crippen LogP contribution in [-0.4, -0.2) is 12.3 Å². The predicted molar refractivity (Wildman–Crippen MR) is 74.2 cm³/mol. The van der Waals surface area contributed by atoms with Crippen LogP contribution in [0.15, 0.2) is 17.8 Å². The van der Waals surface area contributed by atoms with Gasteiger partial charge in [-0.2, -0.15) is 0 Å². The Balaban J connectivity index is 2.62. The molecule has 0 aliphatic heterocycles. The third kappa shape index (κ3) is 5.90. The zero-order valence-corrected chi connectivity index (χ0v) is 11.7. The van der Waals surface area contributed by atoms with Gasteiger partial charge >= 0.3 is 0 Å². The van der Waals surface area contributed by atoms with Crippen molar-refractivity contribution in [2.45, 2.75) is 59.3 Å². The Morgan fingerprint density at radius 3 is 2.47 bits per heavy atom. The SMILES string of the molecule is C=CCO/N=C(/CC(C)(C)C)C1CCCCC1. The minimum absolute atomic E-state index is 0.286. The van der Waals surface area contributed by atoms with Crippen LogP contribution >= 0.6 is 0 Å². The molecule has 1 fully saturated rings. The molecule has 0 aromatic heterocycles. The van der Waals surface area contributed by atoms with Gasteiger partial charge in [0, 0.05) is 5.92 Å². The largest absolute Gasteiger partial charge is 0.392 e. The van der Waals surface area contributed by atoms with Gasteiger partial charge in [-0.3, -0.25) is 0 Å². The van der Waals surface area contributed by atoms with E-state index < -0.39 is 0 Å². The maximum absolute atomic E-state index is 5.31. The van der Waals surface area contributed by atoms with Gasteiger partial charge in [0.05, 0.1) is 5.71 Å². The molecule has 0 amide bonds. The van der Waals surface area contributed by atoms with E-state index in [9.17, 15) is 0 Å². The highest BCUT2D eigenvalue weighted by Crippen LogP contribution is 2.30. The van der Waals surface area contributed by atoms with Crippen molar-refractivity contribution in [3.05, 3.63) is 12.7 Å². The van der Waals surface area contributed by atoms with E-state index in [1.807, 2.05) is 0 Å². The van der Waals surface area contributed by atoms with Crippen LogP contribution in [0.4, 0.5) is 0 Å². The van der Waals surface area contributed by atoms with Gasteiger partial charge in [0.25, 0.3) is 0 Å². The third-order valence-corrected chi connectivity index (χ3v) is 3.16. The summed E-state index contributed by atoms with van der Waals surface area (Å²) in [4.78, 5) is 5.31. The summed E-state index contributed by atoms with van der Waals surface area (Å²) in [7, 11) is 0. The van der Waals surface area contributed by atoms with Gasteiger partial charge in [0.2, 0.25) is 0 Å². The van der Waals surface area contributed by atoms with Gasteiger partial charge < -0.3 is 4.84 Å². The van der Waals surface area contributed by atoms with Crippen LogP contribution in [0.3, 0.4) is 0 Å². The summed E-state index contributed by atoms with van der Waals surface area (Å²) in [6.45, 7) is 11.0. The van der Waals surface area contributed by atoms with Gasteiger partial charge in [-0.05, 0) is 24.7 Å². The highest BCUT2D eigenvalue weighted by Gasteiger charge is 2.24. The van der Waals surface area contributed by atoms with Crippen LogP contribution in [-0.2, 0) is 4.84 Å². The number of rotatable bonds is 5. The molecule has 0 spiro atoms. The number of oxime groups is 1. The molecule has 2 heteroatoms. The molecule has 0 N–H and O–H groups in total. The molecule has 0 radical (unpaired) electrons. The molecule has 0 bridgehead atoms. The van der Waals surface area contributed by atoms with Crippen LogP contribution in [0.1, 0.15) is 59.3 Å². The average Bonchev–Trinajstić information content (AvgIpc) is 2.28. The molecule has 98 valence electrons. The first-order chi connectivity index (χ1) is 8.03. The molecule has 0 heterocycles. The van der Waals surface area contributed by atoms with Gasteiger partial charge in [0.15, 0.2) is 0 Å². The molecule has 0 unspecified atom stereocenters. The Morgan fingerprint density at radius 1 is 1.29 bits per heavy atom. The van der Waals surface area contributed by atoms with Crippen molar-refractivity contribution in [2.75, 3.05) is 6.61 Å². The van der Waals surface area contributed by atoms with E-state index in [4.69, 9.17) is 4.84 Å². The van der Waals surface area contributed by atoms with Gasteiger partial charge in [-0.25, -0.2) is 0 Å². The molecule has 1 rings (SSSR count).